The van der Waals surface area contributed by atoms with Gasteiger partial charge in [0.1, 0.15) is 11.6 Å². The van der Waals surface area contributed by atoms with E-state index in [-0.39, 0.29) is 29.3 Å². The number of pyridine rings is 1. The minimum Gasteiger partial charge on any atom is -0.372 e. The number of amides is 1. The van der Waals surface area contributed by atoms with Crippen LogP contribution in [0.25, 0.3) is 0 Å². The lowest BCUT2D eigenvalue weighted by Gasteiger charge is -2.36. The molecule has 138 valence electrons. The summed E-state index contributed by atoms with van der Waals surface area (Å²) in [5.41, 5.74) is 0.680. The van der Waals surface area contributed by atoms with Crippen LogP contribution in [-0.4, -0.2) is 36.2 Å². The van der Waals surface area contributed by atoms with Gasteiger partial charge in [-0.25, -0.2) is 9.37 Å². The van der Waals surface area contributed by atoms with Crippen molar-refractivity contribution in [1.29, 1.82) is 0 Å². The van der Waals surface area contributed by atoms with Gasteiger partial charge in [-0.15, -0.1) is 0 Å². The summed E-state index contributed by atoms with van der Waals surface area (Å²) < 4.78 is 19.5. The third kappa shape index (κ3) is 4.31. The van der Waals surface area contributed by atoms with Crippen molar-refractivity contribution in [3.8, 4) is 0 Å². The van der Waals surface area contributed by atoms with E-state index < -0.39 is 11.7 Å². The van der Waals surface area contributed by atoms with Gasteiger partial charge in [-0.2, -0.15) is 0 Å². The highest BCUT2D eigenvalue weighted by molar-refractivity contribution is 6.33. The number of nitrogens with one attached hydrogen (secondary N) is 1. The Morgan fingerprint density at radius 1 is 1.31 bits per heavy atom. The van der Waals surface area contributed by atoms with Gasteiger partial charge < -0.3 is 15.0 Å². The molecule has 1 aromatic carbocycles. The van der Waals surface area contributed by atoms with E-state index in [4.69, 9.17) is 16.3 Å². The molecule has 1 aliphatic heterocycles. The predicted octanol–water partition coefficient (Wildman–Crippen LogP) is 3.42. The van der Waals surface area contributed by atoms with Gasteiger partial charge in [0.05, 0.1) is 22.8 Å². The molecule has 5 nitrogen and oxygen atoms in total. The first-order chi connectivity index (χ1) is 12.4. The van der Waals surface area contributed by atoms with Crippen molar-refractivity contribution in [2.45, 2.75) is 32.6 Å². The van der Waals surface area contributed by atoms with Crippen LogP contribution in [0, 0.1) is 5.82 Å². The van der Waals surface area contributed by atoms with E-state index >= 15 is 0 Å². The standard InChI is InChI=1S/C19H21ClFN3O2/c1-12-10-24(11-13(2)26-12)17-7-6-14(8-22-17)9-23-19(25)18-15(20)4-3-5-16(18)21/h3-8,12-13H,9-11H2,1-2H3,(H,23,25). The molecule has 1 saturated heterocycles. The SMILES string of the molecule is CC1CN(c2ccc(CNC(=O)c3c(F)cccc3Cl)cn2)CC(C)O1. The first kappa shape index (κ1) is 18.6. The van der Waals surface area contributed by atoms with Gasteiger partial charge >= 0.3 is 0 Å². The summed E-state index contributed by atoms with van der Waals surface area (Å²) in [6.07, 6.45) is 2.03. The minimum absolute atomic E-state index is 0.0894. The number of anilines is 1. The van der Waals surface area contributed by atoms with E-state index in [2.05, 4.69) is 15.2 Å². The van der Waals surface area contributed by atoms with Crippen LogP contribution in [0.4, 0.5) is 10.2 Å². The third-order valence-electron chi connectivity index (χ3n) is 4.20. The summed E-state index contributed by atoms with van der Waals surface area (Å²) in [5.74, 6) is -0.314. The number of rotatable bonds is 4. The van der Waals surface area contributed by atoms with E-state index in [0.29, 0.717) is 0 Å². The molecule has 2 heterocycles. The maximum absolute atomic E-state index is 13.8. The molecule has 1 amide bonds. The molecule has 2 atom stereocenters. The summed E-state index contributed by atoms with van der Waals surface area (Å²) >= 11 is 5.91. The molecule has 1 aliphatic rings. The second-order valence-corrected chi connectivity index (χ2v) is 6.87. The zero-order valence-electron chi connectivity index (χ0n) is 14.7. The predicted molar refractivity (Wildman–Crippen MR) is 99.0 cm³/mol. The highest BCUT2D eigenvalue weighted by Gasteiger charge is 2.23. The van der Waals surface area contributed by atoms with Crippen LogP contribution in [0.1, 0.15) is 29.8 Å². The first-order valence-corrected chi connectivity index (χ1v) is 8.89. The number of ether oxygens (including phenoxy) is 1. The molecule has 0 aliphatic carbocycles. The molecule has 0 saturated carbocycles. The van der Waals surface area contributed by atoms with Crippen LogP contribution in [0.15, 0.2) is 36.5 Å². The number of morpholine rings is 1. The van der Waals surface area contributed by atoms with Crippen molar-refractivity contribution < 1.29 is 13.9 Å². The number of hydrogen-bond acceptors (Lipinski definition) is 4. The number of carbonyl (C=O) groups is 1. The van der Waals surface area contributed by atoms with Crippen LogP contribution in [-0.2, 0) is 11.3 Å². The van der Waals surface area contributed by atoms with Gasteiger partial charge in [0.25, 0.3) is 5.91 Å². The second-order valence-electron chi connectivity index (χ2n) is 6.47. The third-order valence-corrected chi connectivity index (χ3v) is 4.51. The summed E-state index contributed by atoms with van der Waals surface area (Å²) in [6, 6.07) is 7.98. The van der Waals surface area contributed by atoms with E-state index in [1.165, 1.54) is 18.2 Å². The Kier molecular flexibility index (Phi) is 5.74. The van der Waals surface area contributed by atoms with E-state index in [9.17, 15) is 9.18 Å². The molecule has 2 aromatic rings. The first-order valence-electron chi connectivity index (χ1n) is 8.51. The molecule has 2 unspecified atom stereocenters. The normalized spacial score (nSPS) is 20.1. The van der Waals surface area contributed by atoms with E-state index in [0.717, 1.165) is 24.5 Å². The lowest BCUT2D eigenvalue weighted by molar-refractivity contribution is -0.00546. The summed E-state index contributed by atoms with van der Waals surface area (Å²) in [6.45, 7) is 5.91. The van der Waals surface area contributed by atoms with Gasteiger partial charge in [-0.3, -0.25) is 4.79 Å². The monoisotopic (exact) mass is 377 g/mol. The Labute approximate surface area is 157 Å². The average Bonchev–Trinajstić information content (AvgIpc) is 2.59. The number of carbonyl (C=O) groups excluding carboxylic acids is 1. The molecule has 0 spiro atoms. The number of aromatic nitrogens is 1. The molecular formula is C19H21ClFN3O2. The number of hydrogen-bond donors (Lipinski definition) is 1. The van der Waals surface area contributed by atoms with Crippen molar-refractivity contribution in [3.05, 3.63) is 58.5 Å². The Bertz CT molecular complexity index is 755. The smallest absolute Gasteiger partial charge is 0.256 e. The van der Waals surface area contributed by atoms with Crippen LogP contribution in [0.5, 0.6) is 0 Å². The topological polar surface area (TPSA) is 54.5 Å². The lowest BCUT2D eigenvalue weighted by atomic mass is 10.2. The van der Waals surface area contributed by atoms with Crippen LogP contribution >= 0.6 is 11.6 Å². The summed E-state index contributed by atoms with van der Waals surface area (Å²) in [4.78, 5) is 18.8. The van der Waals surface area contributed by atoms with Crippen LogP contribution < -0.4 is 10.2 Å². The lowest BCUT2D eigenvalue weighted by Crippen LogP contribution is -2.45. The van der Waals surface area contributed by atoms with Crippen molar-refractivity contribution in [1.82, 2.24) is 10.3 Å². The Morgan fingerprint density at radius 2 is 2.04 bits per heavy atom. The van der Waals surface area contributed by atoms with Crippen molar-refractivity contribution >= 4 is 23.3 Å². The highest BCUT2D eigenvalue weighted by Crippen LogP contribution is 2.20. The molecule has 26 heavy (non-hydrogen) atoms. The molecule has 1 aromatic heterocycles. The summed E-state index contributed by atoms with van der Waals surface area (Å²) in [7, 11) is 0. The molecule has 0 bridgehead atoms. The Morgan fingerprint density at radius 3 is 2.65 bits per heavy atom. The largest absolute Gasteiger partial charge is 0.372 e. The van der Waals surface area contributed by atoms with Gasteiger partial charge in [0, 0.05) is 25.8 Å². The number of halogens is 2. The molecule has 1 N–H and O–H groups in total. The molecular weight excluding hydrogens is 357 g/mol. The summed E-state index contributed by atoms with van der Waals surface area (Å²) in [5, 5.41) is 2.76. The number of nitrogens with zero attached hydrogens (tertiary/aromatic N) is 2. The van der Waals surface area contributed by atoms with Gasteiger partial charge in [0.15, 0.2) is 0 Å². The molecule has 7 heteroatoms. The average molecular weight is 378 g/mol. The highest BCUT2D eigenvalue weighted by atomic mass is 35.5. The molecule has 3 rings (SSSR count). The fourth-order valence-corrected chi connectivity index (χ4v) is 3.31. The molecule has 0 radical (unpaired) electrons. The van der Waals surface area contributed by atoms with E-state index in [1.807, 2.05) is 26.0 Å². The second kappa shape index (κ2) is 8.01. The quantitative estimate of drug-likeness (QED) is 0.887. The van der Waals surface area contributed by atoms with Gasteiger partial charge in [-0.1, -0.05) is 23.7 Å². The van der Waals surface area contributed by atoms with Crippen molar-refractivity contribution in [2.75, 3.05) is 18.0 Å². The Balaban J connectivity index is 1.62. The Hall–Kier alpha value is -2.18. The fraction of sp³-hybridized carbons (Fsp3) is 0.368. The fourth-order valence-electron chi connectivity index (χ4n) is 3.06. The van der Waals surface area contributed by atoms with Gasteiger partial charge in [-0.05, 0) is 37.6 Å². The van der Waals surface area contributed by atoms with Crippen molar-refractivity contribution in [2.24, 2.45) is 0 Å². The maximum atomic E-state index is 13.8. The zero-order chi connectivity index (χ0) is 18.7. The van der Waals surface area contributed by atoms with Crippen LogP contribution in [0.2, 0.25) is 5.02 Å². The molecule has 1 fully saturated rings. The zero-order valence-corrected chi connectivity index (χ0v) is 15.5. The number of benzene rings is 1. The van der Waals surface area contributed by atoms with Crippen molar-refractivity contribution in [3.63, 3.8) is 0 Å². The van der Waals surface area contributed by atoms with E-state index in [1.54, 1.807) is 6.20 Å². The minimum atomic E-state index is -0.640. The van der Waals surface area contributed by atoms with Gasteiger partial charge in [0.2, 0.25) is 0 Å². The van der Waals surface area contributed by atoms with Crippen LogP contribution in [0.3, 0.4) is 0 Å². The maximum Gasteiger partial charge on any atom is 0.256 e.